The molecule has 0 atom stereocenters. The zero-order valence-corrected chi connectivity index (χ0v) is 44.5. The van der Waals surface area contributed by atoms with Gasteiger partial charge in [-0.2, -0.15) is 0 Å². The van der Waals surface area contributed by atoms with Crippen molar-refractivity contribution in [2.75, 3.05) is 0 Å². The molecule has 78 heavy (non-hydrogen) atoms. The normalized spacial score (nSPS) is 12.1. The van der Waals surface area contributed by atoms with Crippen LogP contribution in [0.25, 0.3) is 170 Å². The molecule has 9 heteroatoms. The molecule has 0 radical (unpaired) electrons. The van der Waals surface area contributed by atoms with Crippen molar-refractivity contribution in [1.29, 1.82) is 0 Å². The molecule has 0 N–H and O–H groups in total. The molecular weight excluding hydrogens is 1030 g/mol. The number of benzene rings is 8. The van der Waals surface area contributed by atoms with E-state index in [1.54, 1.807) is 0 Å². The molecule has 0 aliphatic heterocycles. The minimum absolute atomic E-state index is 0.907. The molecule has 0 aliphatic rings. The molecule has 362 valence electrons. The average Bonchev–Trinajstić information content (AvgIpc) is 4.51. The standard InChI is InChI=1S/C69H37N5S4/c1-4-10-39(11-5-1)51-29-24-42-18-16-38-17-23-47(34-48(38)61(42)70-51)56-37-59-69(75-56)60-49-35-57(54-32-27-45-21-19-43-25-30-52(40-12-6-2-7-13-40)71-62(43)64(45)73-54)76-67(49)68-50(66(60)78-59)36-58(77-68)55-33-28-46-22-20-44-26-31-53(41-14-8-3-9-15-41)72-63(44)65(46)74-55/h1-37H. The van der Waals surface area contributed by atoms with E-state index in [2.05, 4.69) is 212 Å². The van der Waals surface area contributed by atoms with Crippen LogP contribution in [0.1, 0.15) is 0 Å². The summed E-state index contributed by atoms with van der Waals surface area (Å²) in [6, 6.07) is 80.1. The number of rotatable bonds is 6. The maximum atomic E-state index is 5.49. The third kappa shape index (κ3) is 6.99. The minimum Gasteiger partial charge on any atom is -0.247 e. The van der Waals surface area contributed by atoms with Crippen molar-refractivity contribution in [3.8, 4) is 65.4 Å². The van der Waals surface area contributed by atoms with Crippen molar-refractivity contribution in [2.24, 2.45) is 0 Å². The van der Waals surface area contributed by atoms with Crippen molar-refractivity contribution >= 4 is 150 Å². The highest BCUT2D eigenvalue weighted by Crippen LogP contribution is 2.54. The average molecular weight is 1060 g/mol. The summed E-state index contributed by atoms with van der Waals surface area (Å²) in [4.78, 5) is 30.2. The number of nitrogens with zero attached hydrogens (tertiary/aromatic N) is 5. The zero-order chi connectivity index (χ0) is 51.0. The van der Waals surface area contributed by atoms with Gasteiger partial charge in [0.2, 0.25) is 0 Å². The second kappa shape index (κ2) is 17.2. The van der Waals surface area contributed by atoms with Crippen LogP contribution in [0.15, 0.2) is 224 Å². The van der Waals surface area contributed by atoms with E-state index in [1.807, 2.05) is 57.5 Å². The fourth-order valence-electron chi connectivity index (χ4n) is 11.4. The lowest BCUT2D eigenvalue weighted by Gasteiger charge is -2.08. The van der Waals surface area contributed by atoms with E-state index in [9.17, 15) is 0 Å². The van der Waals surface area contributed by atoms with Gasteiger partial charge in [0.25, 0.3) is 0 Å². The highest BCUT2D eigenvalue weighted by molar-refractivity contribution is 7.36. The SMILES string of the molecule is c1ccc(-c2ccc3ccc4ccc(-c5cc6sc7c8cc(-c9ccc%10ccc%11ccc(-c%12ccccc%12)nc%11c%10n9)sc8c8sc(-c9ccc%10ccc%11ccc(-c%12ccccc%12)nc%11c%10n9)cc8c7c6s5)cc4c3n2)cc1. The van der Waals surface area contributed by atoms with Crippen LogP contribution in [-0.4, -0.2) is 24.9 Å². The summed E-state index contributed by atoms with van der Waals surface area (Å²) in [5.74, 6) is 0. The van der Waals surface area contributed by atoms with E-state index in [4.69, 9.17) is 24.9 Å². The molecular formula is C69H37N5S4. The number of hydrogen-bond acceptors (Lipinski definition) is 9. The van der Waals surface area contributed by atoms with Crippen LogP contribution in [-0.2, 0) is 0 Å². The van der Waals surface area contributed by atoms with Gasteiger partial charge in [-0.1, -0.05) is 170 Å². The topological polar surface area (TPSA) is 64.5 Å². The molecule has 9 aromatic heterocycles. The molecule has 0 aliphatic carbocycles. The van der Waals surface area contributed by atoms with Gasteiger partial charge in [0.05, 0.1) is 79.9 Å². The number of pyridine rings is 5. The van der Waals surface area contributed by atoms with Crippen LogP contribution in [0.3, 0.4) is 0 Å². The van der Waals surface area contributed by atoms with Gasteiger partial charge in [-0.15, -0.1) is 45.3 Å². The predicted molar refractivity (Wildman–Crippen MR) is 335 cm³/mol. The third-order valence-electron chi connectivity index (χ3n) is 15.3. The molecule has 8 aromatic carbocycles. The lowest BCUT2D eigenvalue weighted by molar-refractivity contribution is 1.37. The van der Waals surface area contributed by atoms with E-state index < -0.39 is 0 Å². The maximum absolute atomic E-state index is 5.49. The Morgan fingerprint density at radius 2 is 0.615 bits per heavy atom. The Labute approximate surface area is 461 Å². The lowest BCUT2D eigenvalue weighted by Crippen LogP contribution is -1.90. The van der Waals surface area contributed by atoms with Crippen LogP contribution in [0, 0.1) is 0 Å². The van der Waals surface area contributed by atoms with Gasteiger partial charge in [-0.25, -0.2) is 24.9 Å². The second-order valence-corrected chi connectivity index (χ2v) is 24.1. The van der Waals surface area contributed by atoms with Crippen molar-refractivity contribution in [1.82, 2.24) is 24.9 Å². The van der Waals surface area contributed by atoms with Crippen molar-refractivity contribution in [3.63, 3.8) is 0 Å². The van der Waals surface area contributed by atoms with Gasteiger partial charge in [0.1, 0.15) is 0 Å². The molecule has 0 spiro atoms. The largest absolute Gasteiger partial charge is 0.247 e. The van der Waals surface area contributed by atoms with E-state index in [0.717, 1.165) is 115 Å². The highest BCUT2D eigenvalue weighted by Gasteiger charge is 2.23. The van der Waals surface area contributed by atoms with E-state index in [0.29, 0.717) is 0 Å². The van der Waals surface area contributed by atoms with E-state index >= 15 is 0 Å². The van der Waals surface area contributed by atoms with Crippen molar-refractivity contribution in [3.05, 3.63) is 224 Å². The highest BCUT2D eigenvalue weighted by atomic mass is 32.1. The first-order valence-electron chi connectivity index (χ1n) is 25.9. The Hall–Kier alpha value is -9.09. The third-order valence-corrected chi connectivity index (χ3v) is 20.2. The van der Waals surface area contributed by atoms with Crippen LogP contribution in [0.4, 0.5) is 0 Å². The monoisotopic (exact) mass is 1060 g/mol. The summed E-state index contributed by atoms with van der Waals surface area (Å²) < 4.78 is 6.43. The van der Waals surface area contributed by atoms with Crippen LogP contribution < -0.4 is 0 Å². The Balaban J connectivity index is 0.862. The van der Waals surface area contributed by atoms with Crippen molar-refractivity contribution < 1.29 is 0 Å². The Morgan fingerprint density at radius 3 is 1.13 bits per heavy atom. The Kier molecular flexibility index (Phi) is 9.73. The molecule has 0 unspecified atom stereocenters. The Bertz CT molecular complexity index is 5330. The van der Waals surface area contributed by atoms with Crippen molar-refractivity contribution in [2.45, 2.75) is 0 Å². The molecule has 0 amide bonds. The van der Waals surface area contributed by atoms with Gasteiger partial charge < -0.3 is 0 Å². The minimum atomic E-state index is 0.907. The molecule has 0 saturated heterocycles. The number of aromatic nitrogens is 5. The summed E-state index contributed by atoms with van der Waals surface area (Å²) in [7, 11) is 0. The fraction of sp³-hybridized carbons (Fsp3) is 0. The zero-order valence-electron chi connectivity index (χ0n) is 41.2. The summed E-state index contributed by atoms with van der Waals surface area (Å²) >= 11 is 7.47. The molecule has 0 saturated carbocycles. The van der Waals surface area contributed by atoms with Crippen LogP contribution in [0.5, 0.6) is 0 Å². The lowest BCUT2D eigenvalue weighted by atomic mass is 10.0. The van der Waals surface area contributed by atoms with Gasteiger partial charge in [0.15, 0.2) is 0 Å². The molecule has 5 nitrogen and oxygen atoms in total. The number of fused-ring (bicyclic) bond motifs is 17. The first kappa shape index (κ1) is 44.1. The van der Waals surface area contributed by atoms with Gasteiger partial charge in [-0.05, 0) is 65.5 Å². The summed E-state index contributed by atoms with van der Waals surface area (Å²) in [6.07, 6.45) is 0. The van der Waals surface area contributed by atoms with Gasteiger partial charge in [-0.3, -0.25) is 0 Å². The van der Waals surface area contributed by atoms with Crippen LogP contribution in [0.2, 0.25) is 0 Å². The number of thiophene rings is 4. The molecule has 17 rings (SSSR count). The predicted octanol–water partition coefficient (Wildman–Crippen LogP) is 20.4. The molecule has 0 bridgehead atoms. The van der Waals surface area contributed by atoms with Crippen LogP contribution >= 0.6 is 45.3 Å². The fourth-order valence-corrected chi connectivity index (χ4v) is 16.5. The van der Waals surface area contributed by atoms with Gasteiger partial charge in [0, 0.05) is 79.4 Å². The summed E-state index contributed by atoms with van der Waals surface area (Å²) in [5.41, 5.74) is 13.9. The molecule has 9 heterocycles. The van der Waals surface area contributed by atoms with E-state index in [1.165, 1.54) is 55.5 Å². The summed E-state index contributed by atoms with van der Waals surface area (Å²) in [5, 5.41) is 11.6. The first-order valence-corrected chi connectivity index (χ1v) is 29.1. The van der Waals surface area contributed by atoms with Gasteiger partial charge >= 0.3 is 0 Å². The smallest absolute Gasteiger partial charge is 0.0972 e. The van der Waals surface area contributed by atoms with E-state index in [-0.39, 0.29) is 0 Å². The number of hydrogen-bond donors (Lipinski definition) is 0. The first-order chi connectivity index (χ1) is 38.6. The quantitative estimate of drug-likeness (QED) is 0.155. The maximum Gasteiger partial charge on any atom is 0.0972 e. The second-order valence-electron chi connectivity index (χ2n) is 19.9. The Morgan fingerprint density at radius 1 is 0.231 bits per heavy atom. The summed E-state index contributed by atoms with van der Waals surface area (Å²) in [6.45, 7) is 0. The molecule has 0 fully saturated rings. The molecule has 17 aromatic rings.